The Balaban J connectivity index is 2.69. The van der Waals surface area contributed by atoms with E-state index >= 15 is 0 Å². The van der Waals surface area contributed by atoms with Crippen molar-refractivity contribution in [2.45, 2.75) is 46.1 Å². The van der Waals surface area contributed by atoms with Gasteiger partial charge in [-0.2, -0.15) is 0 Å². The van der Waals surface area contributed by atoms with Gasteiger partial charge in [-0.05, 0) is 24.3 Å². The summed E-state index contributed by atoms with van der Waals surface area (Å²) in [7, 11) is 0. The van der Waals surface area contributed by atoms with Crippen molar-refractivity contribution in [1.29, 1.82) is 0 Å². The van der Waals surface area contributed by atoms with E-state index in [1.807, 2.05) is 37.3 Å². The quantitative estimate of drug-likeness (QED) is 0.810. The molecule has 1 aromatic carbocycles. The van der Waals surface area contributed by atoms with Crippen LogP contribution in [0.1, 0.15) is 46.1 Å². The summed E-state index contributed by atoms with van der Waals surface area (Å²) in [5, 5.41) is 3.06. The molecule has 0 aliphatic rings. The molecule has 3 heteroatoms. The van der Waals surface area contributed by atoms with Crippen LogP contribution in [-0.4, -0.2) is 11.8 Å². The van der Waals surface area contributed by atoms with Crippen molar-refractivity contribution in [3.05, 3.63) is 35.9 Å². The first kappa shape index (κ1) is 16.0. The molecule has 0 spiro atoms. The van der Waals surface area contributed by atoms with Gasteiger partial charge in [0.15, 0.2) is 0 Å². The highest BCUT2D eigenvalue weighted by Gasteiger charge is 2.27. The molecule has 0 fully saturated rings. The van der Waals surface area contributed by atoms with E-state index in [1.54, 1.807) is 0 Å². The van der Waals surface area contributed by atoms with E-state index in [2.05, 4.69) is 26.1 Å². The number of carbonyl (C=O) groups is 1. The summed E-state index contributed by atoms with van der Waals surface area (Å²) in [4.78, 5) is 12.1. The minimum Gasteiger partial charge on any atom is -0.346 e. The van der Waals surface area contributed by atoms with E-state index in [4.69, 9.17) is 11.6 Å². The standard InChI is InChI=1S/C16H24ClNO/c1-15(2,3)11-10-14(19)18-16(4,12-17)13-8-6-5-7-9-13/h5-9H,10-12H2,1-4H3,(H,18,19). The number of hydrogen-bond donors (Lipinski definition) is 1. The van der Waals surface area contributed by atoms with E-state index in [9.17, 15) is 4.79 Å². The molecule has 106 valence electrons. The number of halogens is 1. The fourth-order valence-electron chi connectivity index (χ4n) is 1.85. The molecule has 0 saturated heterocycles. The van der Waals surface area contributed by atoms with Crippen LogP contribution >= 0.6 is 11.6 Å². The van der Waals surface area contributed by atoms with Crippen LogP contribution in [0.2, 0.25) is 0 Å². The fraction of sp³-hybridized carbons (Fsp3) is 0.562. The summed E-state index contributed by atoms with van der Waals surface area (Å²) in [6.45, 7) is 8.37. The number of carbonyl (C=O) groups excluding carboxylic acids is 1. The molecule has 19 heavy (non-hydrogen) atoms. The van der Waals surface area contributed by atoms with Crippen LogP contribution in [-0.2, 0) is 10.3 Å². The number of alkyl halides is 1. The Bertz CT molecular complexity index is 411. The van der Waals surface area contributed by atoms with Crippen molar-refractivity contribution in [2.24, 2.45) is 5.41 Å². The van der Waals surface area contributed by atoms with Crippen LogP contribution < -0.4 is 5.32 Å². The topological polar surface area (TPSA) is 29.1 Å². The largest absolute Gasteiger partial charge is 0.346 e. The predicted octanol–water partition coefficient (Wildman–Crippen LogP) is 4.08. The number of benzene rings is 1. The van der Waals surface area contributed by atoms with Crippen LogP contribution in [0.5, 0.6) is 0 Å². The second kappa shape index (κ2) is 6.42. The molecule has 1 aromatic rings. The lowest BCUT2D eigenvalue weighted by atomic mass is 9.89. The Morgan fingerprint density at radius 2 is 1.74 bits per heavy atom. The monoisotopic (exact) mass is 281 g/mol. The molecule has 1 unspecified atom stereocenters. The SMILES string of the molecule is CC(C)(C)CCC(=O)NC(C)(CCl)c1ccccc1. The summed E-state index contributed by atoms with van der Waals surface area (Å²) in [6, 6.07) is 9.86. The van der Waals surface area contributed by atoms with Crippen molar-refractivity contribution in [1.82, 2.24) is 5.32 Å². The molecular formula is C16H24ClNO. The summed E-state index contributed by atoms with van der Waals surface area (Å²) in [5.74, 6) is 0.417. The zero-order chi connectivity index (χ0) is 14.5. The van der Waals surface area contributed by atoms with E-state index in [1.165, 1.54) is 0 Å². The lowest BCUT2D eigenvalue weighted by Crippen LogP contribution is -2.45. The van der Waals surface area contributed by atoms with Gasteiger partial charge in [-0.3, -0.25) is 4.79 Å². The Labute approximate surface area is 121 Å². The summed E-state index contributed by atoms with van der Waals surface area (Å²) < 4.78 is 0. The van der Waals surface area contributed by atoms with Crippen LogP contribution in [0, 0.1) is 5.41 Å². The average Bonchev–Trinajstić information content (AvgIpc) is 2.36. The molecule has 1 atom stereocenters. The molecule has 0 aromatic heterocycles. The van der Waals surface area contributed by atoms with Gasteiger partial charge in [-0.15, -0.1) is 11.6 Å². The molecule has 0 bridgehead atoms. The van der Waals surface area contributed by atoms with Crippen molar-refractivity contribution in [2.75, 3.05) is 5.88 Å². The maximum Gasteiger partial charge on any atom is 0.220 e. The molecule has 1 N–H and O–H groups in total. The Morgan fingerprint density at radius 3 is 2.21 bits per heavy atom. The van der Waals surface area contributed by atoms with Gasteiger partial charge >= 0.3 is 0 Å². The Kier molecular flexibility index (Phi) is 5.42. The van der Waals surface area contributed by atoms with Gasteiger partial charge in [-0.1, -0.05) is 51.1 Å². The lowest BCUT2D eigenvalue weighted by molar-refractivity contribution is -0.123. The Morgan fingerprint density at radius 1 is 1.16 bits per heavy atom. The summed E-state index contributed by atoms with van der Waals surface area (Å²) in [6.07, 6.45) is 1.40. The number of rotatable bonds is 5. The van der Waals surface area contributed by atoms with Gasteiger partial charge in [0, 0.05) is 12.3 Å². The van der Waals surface area contributed by atoms with Crippen molar-refractivity contribution < 1.29 is 4.79 Å². The molecule has 0 heterocycles. The molecule has 2 nitrogen and oxygen atoms in total. The predicted molar refractivity (Wildman–Crippen MR) is 81.3 cm³/mol. The van der Waals surface area contributed by atoms with Crippen molar-refractivity contribution in [3.8, 4) is 0 Å². The van der Waals surface area contributed by atoms with Gasteiger partial charge < -0.3 is 5.32 Å². The highest BCUT2D eigenvalue weighted by atomic mass is 35.5. The maximum atomic E-state index is 12.1. The molecule has 1 rings (SSSR count). The van der Waals surface area contributed by atoms with Gasteiger partial charge in [-0.25, -0.2) is 0 Å². The third-order valence-corrected chi connectivity index (χ3v) is 3.73. The highest BCUT2D eigenvalue weighted by molar-refractivity contribution is 6.18. The number of nitrogens with one attached hydrogen (secondary N) is 1. The smallest absolute Gasteiger partial charge is 0.220 e. The molecular weight excluding hydrogens is 258 g/mol. The van der Waals surface area contributed by atoms with Crippen LogP contribution in [0.15, 0.2) is 30.3 Å². The molecule has 0 aliphatic carbocycles. The zero-order valence-corrected chi connectivity index (χ0v) is 13.1. The second-order valence-electron chi connectivity index (χ2n) is 6.44. The van der Waals surface area contributed by atoms with E-state index in [-0.39, 0.29) is 11.3 Å². The Hall–Kier alpha value is -1.02. The van der Waals surface area contributed by atoms with Gasteiger partial charge in [0.2, 0.25) is 5.91 Å². The first-order valence-corrected chi connectivity index (χ1v) is 7.23. The minimum absolute atomic E-state index is 0.0573. The molecule has 0 radical (unpaired) electrons. The average molecular weight is 282 g/mol. The lowest BCUT2D eigenvalue weighted by Gasteiger charge is -2.30. The van der Waals surface area contributed by atoms with E-state index in [0.29, 0.717) is 12.3 Å². The molecule has 0 aliphatic heterocycles. The normalized spacial score (nSPS) is 14.8. The maximum absolute atomic E-state index is 12.1. The van der Waals surface area contributed by atoms with E-state index in [0.717, 1.165) is 12.0 Å². The van der Waals surface area contributed by atoms with Gasteiger partial charge in [0.25, 0.3) is 0 Å². The third-order valence-electron chi connectivity index (χ3n) is 3.20. The summed E-state index contributed by atoms with van der Waals surface area (Å²) >= 11 is 6.06. The summed E-state index contributed by atoms with van der Waals surface area (Å²) in [5.41, 5.74) is 0.702. The molecule has 0 saturated carbocycles. The van der Waals surface area contributed by atoms with E-state index < -0.39 is 5.54 Å². The van der Waals surface area contributed by atoms with Gasteiger partial charge in [0.1, 0.15) is 0 Å². The van der Waals surface area contributed by atoms with Crippen LogP contribution in [0.4, 0.5) is 0 Å². The number of hydrogen-bond acceptors (Lipinski definition) is 1. The van der Waals surface area contributed by atoms with Crippen molar-refractivity contribution in [3.63, 3.8) is 0 Å². The van der Waals surface area contributed by atoms with Gasteiger partial charge in [0.05, 0.1) is 5.54 Å². The zero-order valence-electron chi connectivity index (χ0n) is 12.3. The highest BCUT2D eigenvalue weighted by Crippen LogP contribution is 2.24. The minimum atomic E-state index is -0.502. The number of amides is 1. The third kappa shape index (κ3) is 5.23. The molecule has 1 amide bonds. The first-order valence-electron chi connectivity index (χ1n) is 6.69. The van der Waals surface area contributed by atoms with Crippen molar-refractivity contribution >= 4 is 17.5 Å². The first-order chi connectivity index (χ1) is 8.77. The second-order valence-corrected chi connectivity index (χ2v) is 6.71. The van der Waals surface area contributed by atoms with Crippen LogP contribution in [0.3, 0.4) is 0 Å². The van der Waals surface area contributed by atoms with Crippen LogP contribution in [0.25, 0.3) is 0 Å². The fourth-order valence-corrected chi connectivity index (χ4v) is 2.07.